The highest BCUT2D eigenvalue weighted by molar-refractivity contribution is 5.96. The van der Waals surface area contributed by atoms with Gasteiger partial charge in [-0.1, -0.05) is 12.1 Å². The van der Waals surface area contributed by atoms with E-state index in [9.17, 15) is 23.5 Å². The van der Waals surface area contributed by atoms with Gasteiger partial charge in [0.05, 0.1) is 41.3 Å². The van der Waals surface area contributed by atoms with Crippen LogP contribution in [0.25, 0.3) is 33.4 Å². The number of likely N-dealkylation sites (N-methyl/N-ethyl adjacent to an activating group) is 1. The third kappa shape index (κ3) is 3.62. The number of hydrogen-bond donors (Lipinski definition) is 1. The molecule has 4 aromatic rings. The molecule has 196 valence electrons. The van der Waals surface area contributed by atoms with E-state index < -0.39 is 18.6 Å². The van der Waals surface area contributed by atoms with E-state index in [0.717, 1.165) is 5.69 Å². The molecular formula is C26H25F2N7O3. The molecule has 38 heavy (non-hydrogen) atoms. The zero-order valence-corrected chi connectivity index (χ0v) is 21.0. The van der Waals surface area contributed by atoms with Crippen LogP contribution in [0.3, 0.4) is 0 Å². The van der Waals surface area contributed by atoms with Gasteiger partial charge in [-0.05, 0) is 19.1 Å². The molecular weight excluding hydrogens is 496 g/mol. The largest absolute Gasteiger partial charge is 0.465 e. The van der Waals surface area contributed by atoms with Crippen molar-refractivity contribution in [3.05, 3.63) is 53.7 Å². The molecule has 1 aromatic carbocycles. The van der Waals surface area contributed by atoms with Crippen LogP contribution in [0.2, 0.25) is 0 Å². The van der Waals surface area contributed by atoms with Gasteiger partial charge in [-0.3, -0.25) is 9.48 Å². The molecule has 0 aliphatic carbocycles. The number of carboxylic acid groups (broad SMARTS) is 1. The maximum Gasteiger partial charge on any atom is 0.407 e. The number of carbonyl (C=O) groups excluding carboxylic acids is 1. The predicted octanol–water partition coefficient (Wildman–Crippen LogP) is 4.05. The summed E-state index contributed by atoms with van der Waals surface area (Å²) >= 11 is 0. The molecule has 2 aliphatic rings. The Balaban J connectivity index is 1.55. The number of pyridine rings is 1. The maximum absolute atomic E-state index is 14.3. The van der Waals surface area contributed by atoms with Gasteiger partial charge in [-0.25, -0.2) is 23.5 Å². The Hall–Kier alpha value is -4.35. The summed E-state index contributed by atoms with van der Waals surface area (Å²) in [5, 5.41) is 13.9. The van der Waals surface area contributed by atoms with Crippen LogP contribution >= 0.6 is 0 Å². The number of likely N-dealkylation sites (tertiary alicyclic amines) is 1. The molecule has 1 atom stereocenters. The van der Waals surface area contributed by atoms with Crippen LogP contribution in [0, 0.1) is 0 Å². The van der Waals surface area contributed by atoms with Crippen LogP contribution in [-0.2, 0) is 18.4 Å². The number of amides is 2. The van der Waals surface area contributed by atoms with Crippen molar-refractivity contribution in [2.24, 2.45) is 7.05 Å². The van der Waals surface area contributed by atoms with E-state index in [2.05, 4.69) is 10.1 Å². The molecule has 1 fully saturated rings. The van der Waals surface area contributed by atoms with Gasteiger partial charge in [0.25, 0.3) is 6.43 Å². The summed E-state index contributed by atoms with van der Waals surface area (Å²) in [4.78, 5) is 36.7. The molecule has 1 unspecified atom stereocenters. The molecule has 10 nitrogen and oxygen atoms in total. The number of carbonyl (C=O) groups is 2. The lowest BCUT2D eigenvalue weighted by Gasteiger charge is -2.38. The lowest BCUT2D eigenvalue weighted by Crippen LogP contribution is -2.49. The Bertz CT molecular complexity index is 1610. The normalized spacial score (nSPS) is 17.8. The van der Waals surface area contributed by atoms with Crippen LogP contribution in [0.5, 0.6) is 0 Å². The lowest BCUT2D eigenvalue weighted by atomic mass is 9.99. The summed E-state index contributed by atoms with van der Waals surface area (Å²) < 4.78 is 32.0. The number of halogens is 2. The summed E-state index contributed by atoms with van der Waals surface area (Å²) in [6.45, 7) is 2.65. The van der Waals surface area contributed by atoms with E-state index in [4.69, 9.17) is 4.98 Å². The summed E-state index contributed by atoms with van der Waals surface area (Å²) in [5.41, 5.74) is 3.00. The molecule has 3 aromatic heterocycles. The second-order valence-electron chi connectivity index (χ2n) is 9.89. The Morgan fingerprint density at radius 3 is 2.58 bits per heavy atom. The minimum atomic E-state index is -2.76. The van der Waals surface area contributed by atoms with Gasteiger partial charge in [-0.2, -0.15) is 5.10 Å². The first-order valence-corrected chi connectivity index (χ1v) is 12.2. The van der Waals surface area contributed by atoms with Crippen molar-refractivity contribution in [2.45, 2.75) is 31.9 Å². The second kappa shape index (κ2) is 8.61. The van der Waals surface area contributed by atoms with Gasteiger partial charge >= 0.3 is 6.09 Å². The van der Waals surface area contributed by atoms with E-state index in [-0.39, 0.29) is 36.2 Å². The van der Waals surface area contributed by atoms with Crippen LogP contribution < -0.4 is 0 Å². The number of aryl methyl sites for hydroxylation is 1. The fourth-order valence-electron chi connectivity index (χ4n) is 5.46. The molecule has 5 heterocycles. The minimum Gasteiger partial charge on any atom is -0.465 e. The monoisotopic (exact) mass is 521 g/mol. The zero-order chi connectivity index (χ0) is 26.9. The molecule has 1 saturated heterocycles. The highest BCUT2D eigenvalue weighted by atomic mass is 19.3. The van der Waals surface area contributed by atoms with Gasteiger partial charge in [0.15, 0.2) is 0 Å². The van der Waals surface area contributed by atoms with Gasteiger partial charge < -0.3 is 19.5 Å². The number of imidazole rings is 1. The first kappa shape index (κ1) is 24.0. The van der Waals surface area contributed by atoms with Crippen LogP contribution in [0.1, 0.15) is 42.4 Å². The Morgan fingerprint density at radius 2 is 1.92 bits per heavy atom. The third-order valence-corrected chi connectivity index (χ3v) is 7.42. The Morgan fingerprint density at radius 1 is 1.16 bits per heavy atom. The van der Waals surface area contributed by atoms with E-state index in [1.54, 1.807) is 38.2 Å². The number of rotatable bonds is 4. The molecule has 0 saturated carbocycles. The Kier molecular flexibility index (Phi) is 5.44. The van der Waals surface area contributed by atoms with Crippen molar-refractivity contribution in [1.82, 2.24) is 34.1 Å². The lowest BCUT2D eigenvalue weighted by molar-refractivity contribution is -0.135. The standard InChI is InChI=1S/C26H25F2N7O3/c1-13-25(36)32(2)12-20-22(31-24(35(13)20)15-10-34(11-15)26(37)38)16-5-4-6-19-17(16)7-18(23(27)28)21(30-19)14-8-29-33(3)9-14/h4-9,13,15,23H,10-12H2,1-3H3,(H,37,38). The van der Waals surface area contributed by atoms with Gasteiger partial charge in [-0.15, -0.1) is 0 Å². The maximum atomic E-state index is 14.3. The average Bonchev–Trinajstić information content (AvgIpc) is 3.44. The first-order chi connectivity index (χ1) is 18.1. The summed E-state index contributed by atoms with van der Waals surface area (Å²) in [5.74, 6) is 0.393. The SMILES string of the molecule is CC1C(=O)N(C)Cc2c(-c3cccc4nc(-c5cnn(C)c5)c(C(F)F)cc34)nc(C3CN(C(=O)O)C3)n21. The number of fused-ring (bicyclic) bond motifs is 2. The first-order valence-electron chi connectivity index (χ1n) is 12.2. The van der Waals surface area contributed by atoms with Crippen molar-refractivity contribution < 1.29 is 23.5 Å². The molecule has 2 aliphatic heterocycles. The summed E-state index contributed by atoms with van der Waals surface area (Å²) in [7, 11) is 3.43. The molecule has 0 spiro atoms. The van der Waals surface area contributed by atoms with E-state index in [1.807, 2.05) is 16.7 Å². The summed E-state index contributed by atoms with van der Waals surface area (Å²) in [6.07, 6.45) is -0.605. The van der Waals surface area contributed by atoms with E-state index in [1.165, 1.54) is 21.8 Å². The molecule has 2 amide bonds. The number of alkyl halides is 2. The molecule has 0 bridgehead atoms. The van der Waals surface area contributed by atoms with Crippen LogP contribution in [-0.4, -0.2) is 71.4 Å². The van der Waals surface area contributed by atoms with Crippen molar-refractivity contribution in [3.63, 3.8) is 0 Å². The second-order valence-corrected chi connectivity index (χ2v) is 9.89. The third-order valence-electron chi connectivity index (χ3n) is 7.42. The number of benzene rings is 1. The fourth-order valence-corrected chi connectivity index (χ4v) is 5.46. The average molecular weight is 522 g/mol. The molecule has 0 radical (unpaired) electrons. The molecule has 6 rings (SSSR count). The van der Waals surface area contributed by atoms with Crippen molar-refractivity contribution >= 4 is 22.9 Å². The van der Waals surface area contributed by atoms with Crippen molar-refractivity contribution in [3.8, 4) is 22.5 Å². The van der Waals surface area contributed by atoms with Crippen LogP contribution in [0.4, 0.5) is 13.6 Å². The number of nitrogens with zero attached hydrogens (tertiary/aromatic N) is 7. The summed E-state index contributed by atoms with van der Waals surface area (Å²) in [6, 6.07) is 6.34. The smallest absolute Gasteiger partial charge is 0.407 e. The van der Waals surface area contributed by atoms with Gasteiger partial charge in [0, 0.05) is 55.5 Å². The predicted molar refractivity (Wildman–Crippen MR) is 134 cm³/mol. The minimum absolute atomic E-state index is 0.0715. The zero-order valence-electron chi connectivity index (χ0n) is 21.0. The van der Waals surface area contributed by atoms with Crippen molar-refractivity contribution in [2.75, 3.05) is 20.1 Å². The molecule has 1 N–H and O–H groups in total. The van der Waals surface area contributed by atoms with E-state index in [0.29, 0.717) is 40.1 Å². The van der Waals surface area contributed by atoms with Crippen molar-refractivity contribution in [1.29, 1.82) is 0 Å². The Labute approximate surface area is 216 Å². The van der Waals surface area contributed by atoms with Gasteiger partial charge in [0.1, 0.15) is 11.9 Å². The highest BCUT2D eigenvalue weighted by Gasteiger charge is 2.40. The fraction of sp³-hybridized carbons (Fsp3) is 0.346. The van der Waals surface area contributed by atoms with Gasteiger partial charge in [0.2, 0.25) is 5.91 Å². The highest BCUT2D eigenvalue weighted by Crippen LogP contribution is 2.41. The topological polar surface area (TPSA) is 109 Å². The quantitative estimate of drug-likeness (QED) is 0.434. The van der Waals surface area contributed by atoms with E-state index >= 15 is 0 Å². The van der Waals surface area contributed by atoms with Crippen LogP contribution in [0.15, 0.2) is 36.7 Å². The number of aromatic nitrogens is 5. The molecule has 12 heteroatoms. The number of hydrogen-bond acceptors (Lipinski definition) is 5.